The van der Waals surface area contributed by atoms with Gasteiger partial charge in [-0.2, -0.15) is 13.2 Å². The van der Waals surface area contributed by atoms with E-state index in [2.05, 4.69) is 10.6 Å². The predicted molar refractivity (Wildman–Crippen MR) is 86.4 cm³/mol. The van der Waals surface area contributed by atoms with Crippen LogP contribution in [0.25, 0.3) is 0 Å². The fraction of sp³-hybridized carbons (Fsp3) is 0.533. The van der Waals surface area contributed by atoms with Crippen LogP contribution in [-0.2, 0) is 0 Å². The molecule has 2 aliphatic heterocycles. The molecule has 1 saturated heterocycles. The minimum atomic E-state index is -4.41. The van der Waals surface area contributed by atoms with Crippen molar-refractivity contribution in [1.82, 2.24) is 15.5 Å². The number of nitrogens with one attached hydrogen (secondary N) is 2. The van der Waals surface area contributed by atoms with Crippen LogP contribution in [0.4, 0.5) is 13.2 Å². The average molecular weight is 382 g/mol. The highest BCUT2D eigenvalue weighted by atomic mass is 35.5. The molecule has 1 atom stereocenters. The first kappa shape index (κ1) is 19.6. The molecular weight excluding hydrogens is 363 g/mol. The molecule has 0 spiro atoms. The van der Waals surface area contributed by atoms with E-state index in [0.29, 0.717) is 18.8 Å². The largest absolute Gasteiger partial charge is 0.454 e. The number of benzene rings is 1. The molecule has 6 nitrogen and oxygen atoms in total. The van der Waals surface area contributed by atoms with Gasteiger partial charge in [0.1, 0.15) is 6.04 Å². The third-order valence-electron chi connectivity index (χ3n) is 4.07. The van der Waals surface area contributed by atoms with Crippen molar-refractivity contribution in [3.05, 3.63) is 23.8 Å². The summed E-state index contributed by atoms with van der Waals surface area (Å²) in [4.78, 5) is 13.6. The summed E-state index contributed by atoms with van der Waals surface area (Å²) in [6, 6.07) is 3.02. The maximum Gasteiger partial charge on any atom is 0.405 e. The summed E-state index contributed by atoms with van der Waals surface area (Å²) in [5, 5.41) is 5.39. The second-order valence-corrected chi connectivity index (χ2v) is 5.59. The predicted octanol–water partition coefficient (Wildman–Crippen LogP) is 1.40. The summed E-state index contributed by atoms with van der Waals surface area (Å²) in [7, 11) is 0. The first-order valence-corrected chi connectivity index (χ1v) is 7.65. The normalized spacial score (nSPS) is 18.4. The van der Waals surface area contributed by atoms with Crippen LogP contribution in [0.3, 0.4) is 0 Å². The van der Waals surface area contributed by atoms with Crippen LogP contribution in [-0.4, -0.2) is 62.5 Å². The van der Waals surface area contributed by atoms with Crippen LogP contribution in [0.2, 0.25) is 0 Å². The maximum atomic E-state index is 13.3. The summed E-state index contributed by atoms with van der Waals surface area (Å²) in [5.74, 6) is 0.0691. The molecule has 1 aromatic carbocycles. The highest BCUT2D eigenvalue weighted by molar-refractivity contribution is 5.98. The Morgan fingerprint density at radius 3 is 2.68 bits per heavy atom. The smallest absolute Gasteiger partial charge is 0.405 e. The van der Waals surface area contributed by atoms with E-state index in [-0.39, 0.29) is 43.6 Å². The lowest BCUT2D eigenvalue weighted by Crippen LogP contribution is -2.57. The molecule has 1 fully saturated rings. The number of carbonyl (C=O) groups is 1. The Hall–Kier alpha value is -1.71. The summed E-state index contributed by atoms with van der Waals surface area (Å²) < 4.78 is 50.3. The van der Waals surface area contributed by atoms with Crippen molar-refractivity contribution in [3.8, 4) is 11.5 Å². The number of para-hydroxylation sites is 1. The van der Waals surface area contributed by atoms with E-state index in [1.807, 2.05) is 0 Å². The highest BCUT2D eigenvalue weighted by Gasteiger charge is 2.44. The number of piperazine rings is 1. The molecule has 2 aliphatic rings. The van der Waals surface area contributed by atoms with Gasteiger partial charge in [-0.15, -0.1) is 12.4 Å². The van der Waals surface area contributed by atoms with Gasteiger partial charge in [0.2, 0.25) is 6.79 Å². The molecule has 3 rings (SSSR count). The lowest BCUT2D eigenvalue weighted by atomic mass is 10.1. The van der Waals surface area contributed by atoms with E-state index < -0.39 is 24.7 Å². The molecule has 10 heteroatoms. The Morgan fingerprint density at radius 1 is 1.28 bits per heavy atom. The fourth-order valence-electron chi connectivity index (χ4n) is 2.84. The van der Waals surface area contributed by atoms with Gasteiger partial charge in [0.25, 0.3) is 5.91 Å². The van der Waals surface area contributed by atoms with Crippen LogP contribution < -0.4 is 20.1 Å². The SMILES string of the molecule is Cl.O=C(NCC(N1CCNCC1)C(F)(F)F)c1cccc2c1OCO2. The maximum absolute atomic E-state index is 13.3. The number of ether oxygens (including phenoxy) is 2. The molecule has 0 aromatic heterocycles. The van der Waals surface area contributed by atoms with Crippen molar-refractivity contribution >= 4 is 18.3 Å². The Labute approximate surface area is 149 Å². The topological polar surface area (TPSA) is 62.8 Å². The number of amides is 1. The van der Waals surface area contributed by atoms with Crippen LogP contribution in [0.15, 0.2) is 18.2 Å². The fourth-order valence-corrected chi connectivity index (χ4v) is 2.84. The van der Waals surface area contributed by atoms with Crippen LogP contribution in [0.1, 0.15) is 10.4 Å². The zero-order valence-corrected chi connectivity index (χ0v) is 14.1. The van der Waals surface area contributed by atoms with Crippen molar-refractivity contribution in [1.29, 1.82) is 0 Å². The molecule has 1 aromatic rings. The van der Waals surface area contributed by atoms with E-state index in [4.69, 9.17) is 9.47 Å². The third kappa shape index (κ3) is 4.47. The minimum absolute atomic E-state index is 0. The number of hydrogen-bond acceptors (Lipinski definition) is 5. The summed E-state index contributed by atoms with van der Waals surface area (Å²) in [5.41, 5.74) is 0.172. The quantitative estimate of drug-likeness (QED) is 0.825. The number of fused-ring (bicyclic) bond motifs is 1. The summed E-state index contributed by atoms with van der Waals surface area (Å²) in [6.45, 7) is 1.06. The monoisotopic (exact) mass is 381 g/mol. The number of carbonyl (C=O) groups excluding carboxylic acids is 1. The van der Waals surface area contributed by atoms with Gasteiger partial charge in [-0.1, -0.05) is 6.07 Å². The van der Waals surface area contributed by atoms with E-state index in [0.717, 1.165) is 0 Å². The van der Waals surface area contributed by atoms with Crippen molar-refractivity contribution < 1.29 is 27.4 Å². The molecule has 140 valence electrons. The van der Waals surface area contributed by atoms with Gasteiger partial charge in [0, 0.05) is 32.7 Å². The van der Waals surface area contributed by atoms with Gasteiger partial charge in [-0.05, 0) is 12.1 Å². The van der Waals surface area contributed by atoms with E-state index in [1.165, 1.54) is 11.0 Å². The third-order valence-corrected chi connectivity index (χ3v) is 4.07. The van der Waals surface area contributed by atoms with E-state index in [9.17, 15) is 18.0 Å². The van der Waals surface area contributed by atoms with E-state index >= 15 is 0 Å². The van der Waals surface area contributed by atoms with Gasteiger partial charge in [0.05, 0.1) is 5.56 Å². The van der Waals surface area contributed by atoms with Gasteiger partial charge >= 0.3 is 6.18 Å². The molecule has 0 saturated carbocycles. The summed E-state index contributed by atoms with van der Waals surface area (Å²) in [6.07, 6.45) is -4.41. The second kappa shape index (κ2) is 8.11. The molecule has 2 N–H and O–H groups in total. The minimum Gasteiger partial charge on any atom is -0.454 e. The zero-order valence-electron chi connectivity index (χ0n) is 13.3. The Balaban J connectivity index is 0.00000225. The van der Waals surface area contributed by atoms with Crippen LogP contribution in [0.5, 0.6) is 11.5 Å². The molecule has 25 heavy (non-hydrogen) atoms. The average Bonchev–Trinajstić information content (AvgIpc) is 3.03. The van der Waals surface area contributed by atoms with Crippen LogP contribution in [0, 0.1) is 0 Å². The first-order valence-electron chi connectivity index (χ1n) is 7.65. The van der Waals surface area contributed by atoms with Gasteiger partial charge < -0.3 is 20.1 Å². The molecule has 0 aliphatic carbocycles. The number of alkyl halides is 3. The molecule has 0 bridgehead atoms. The van der Waals surface area contributed by atoms with Gasteiger partial charge in [0.15, 0.2) is 11.5 Å². The van der Waals surface area contributed by atoms with Crippen molar-refractivity contribution in [3.63, 3.8) is 0 Å². The Bertz CT molecular complexity index is 609. The van der Waals surface area contributed by atoms with Crippen molar-refractivity contribution in [2.24, 2.45) is 0 Å². The number of halogens is 4. The lowest BCUT2D eigenvalue weighted by Gasteiger charge is -2.35. The van der Waals surface area contributed by atoms with E-state index in [1.54, 1.807) is 12.1 Å². The molecule has 1 unspecified atom stereocenters. The number of nitrogens with zero attached hydrogens (tertiary/aromatic N) is 1. The second-order valence-electron chi connectivity index (χ2n) is 5.59. The first-order chi connectivity index (χ1) is 11.5. The van der Waals surface area contributed by atoms with Crippen LogP contribution >= 0.6 is 12.4 Å². The Kier molecular flexibility index (Phi) is 6.36. The van der Waals surface area contributed by atoms with Crippen molar-refractivity contribution in [2.75, 3.05) is 39.5 Å². The molecule has 2 heterocycles. The molecule has 0 radical (unpaired) electrons. The van der Waals surface area contributed by atoms with Crippen molar-refractivity contribution in [2.45, 2.75) is 12.2 Å². The van der Waals surface area contributed by atoms with Gasteiger partial charge in [-0.3, -0.25) is 9.69 Å². The number of rotatable bonds is 4. The standard InChI is InChI=1S/C15H18F3N3O3.ClH/c16-15(17,18)12(21-6-4-19-5-7-21)8-20-14(22)10-2-1-3-11-13(10)24-9-23-11;/h1-3,12,19H,4-9H2,(H,20,22);1H. The highest BCUT2D eigenvalue weighted by Crippen LogP contribution is 2.35. The Morgan fingerprint density at radius 2 is 2.00 bits per heavy atom. The summed E-state index contributed by atoms with van der Waals surface area (Å²) >= 11 is 0. The zero-order chi connectivity index (χ0) is 17.2. The molecule has 1 amide bonds. The number of hydrogen-bond donors (Lipinski definition) is 2. The molecular formula is C15H19ClF3N3O3. The lowest BCUT2D eigenvalue weighted by molar-refractivity contribution is -0.183. The van der Waals surface area contributed by atoms with Gasteiger partial charge in [-0.25, -0.2) is 0 Å².